The fraction of sp³-hybridized carbons (Fsp3) is 0.733. The molecule has 2 heteroatoms. The molecular weight excluding hydrogens is 212 g/mol. The minimum absolute atomic E-state index is 0.0466. The molecule has 0 aliphatic heterocycles. The molecule has 0 radical (unpaired) electrons. The molecule has 1 unspecified atom stereocenters. The Balaban J connectivity index is 1.81. The summed E-state index contributed by atoms with van der Waals surface area (Å²) in [5.41, 5.74) is 1.59. The quantitative estimate of drug-likeness (QED) is 0.419. The lowest BCUT2D eigenvalue weighted by Gasteiger charge is -2.12. The third kappa shape index (κ3) is 7.35. The normalized spacial score (nSPS) is 16.2. The molecule has 0 heterocycles. The Labute approximate surface area is 106 Å². The molecule has 0 saturated heterocycles. The van der Waals surface area contributed by atoms with Crippen molar-refractivity contribution in [1.29, 1.82) is 0 Å². The van der Waals surface area contributed by atoms with Gasteiger partial charge in [0.2, 0.25) is 0 Å². The van der Waals surface area contributed by atoms with E-state index in [0.29, 0.717) is 0 Å². The zero-order valence-corrected chi connectivity index (χ0v) is 11.3. The van der Waals surface area contributed by atoms with Crippen LogP contribution in [0.5, 0.6) is 0 Å². The van der Waals surface area contributed by atoms with Crippen LogP contribution in [-0.2, 0) is 9.47 Å². The number of unbranched alkanes of at least 4 members (excludes halogenated alkanes) is 3. The predicted octanol–water partition coefficient (Wildman–Crippen LogP) is 4.22. The Bertz CT molecular complexity index is 243. The second-order valence-electron chi connectivity index (χ2n) is 4.52. The molecule has 0 bridgehead atoms. The highest BCUT2D eigenvalue weighted by Gasteiger charge is 2.01. The van der Waals surface area contributed by atoms with E-state index in [1.807, 2.05) is 13.8 Å². The van der Waals surface area contributed by atoms with Crippen molar-refractivity contribution in [3.05, 3.63) is 23.8 Å². The van der Waals surface area contributed by atoms with Gasteiger partial charge in [-0.25, -0.2) is 0 Å². The van der Waals surface area contributed by atoms with Gasteiger partial charge in [0, 0.05) is 13.2 Å². The molecule has 1 aliphatic rings. The average Bonchev–Trinajstić information content (AvgIpc) is 2.81. The first-order valence-corrected chi connectivity index (χ1v) is 6.90. The summed E-state index contributed by atoms with van der Waals surface area (Å²) in [5.74, 6) is 0. The fourth-order valence-corrected chi connectivity index (χ4v) is 2.02. The standard InChI is InChI=1S/C15H26O2/c1-3-16-14(2)17-13-9-5-4-6-10-15-11-7-8-12-15/h7-8,11,14H,3-6,9-10,12-13H2,1-2H3. The third-order valence-electron chi connectivity index (χ3n) is 2.99. The van der Waals surface area contributed by atoms with Crippen LogP contribution in [0, 0.1) is 0 Å². The topological polar surface area (TPSA) is 18.5 Å². The highest BCUT2D eigenvalue weighted by atomic mass is 16.7. The number of hydrogen-bond acceptors (Lipinski definition) is 2. The van der Waals surface area contributed by atoms with Gasteiger partial charge in [0.25, 0.3) is 0 Å². The Morgan fingerprint density at radius 3 is 2.71 bits per heavy atom. The van der Waals surface area contributed by atoms with E-state index in [1.54, 1.807) is 5.57 Å². The summed E-state index contributed by atoms with van der Waals surface area (Å²) in [7, 11) is 0. The van der Waals surface area contributed by atoms with Crippen molar-refractivity contribution in [3.8, 4) is 0 Å². The first kappa shape index (κ1) is 14.5. The maximum Gasteiger partial charge on any atom is 0.154 e. The summed E-state index contributed by atoms with van der Waals surface area (Å²) in [4.78, 5) is 0. The van der Waals surface area contributed by atoms with Crippen molar-refractivity contribution in [2.24, 2.45) is 0 Å². The van der Waals surface area contributed by atoms with Gasteiger partial charge in [-0.05, 0) is 39.5 Å². The number of hydrogen-bond donors (Lipinski definition) is 0. The molecule has 0 N–H and O–H groups in total. The van der Waals surface area contributed by atoms with Crippen molar-refractivity contribution in [3.63, 3.8) is 0 Å². The summed E-state index contributed by atoms with van der Waals surface area (Å²) in [5, 5.41) is 0. The van der Waals surface area contributed by atoms with Crippen molar-refractivity contribution >= 4 is 0 Å². The molecule has 17 heavy (non-hydrogen) atoms. The summed E-state index contributed by atoms with van der Waals surface area (Å²) >= 11 is 0. The van der Waals surface area contributed by atoms with Gasteiger partial charge in [-0.1, -0.05) is 36.6 Å². The highest BCUT2D eigenvalue weighted by molar-refractivity contribution is 5.22. The van der Waals surface area contributed by atoms with Gasteiger partial charge in [-0.2, -0.15) is 0 Å². The van der Waals surface area contributed by atoms with E-state index in [0.717, 1.165) is 19.6 Å². The minimum atomic E-state index is -0.0466. The van der Waals surface area contributed by atoms with Crippen LogP contribution in [0.25, 0.3) is 0 Å². The summed E-state index contributed by atoms with van der Waals surface area (Å²) in [6.45, 7) is 5.51. The first-order chi connectivity index (χ1) is 8.33. The Morgan fingerprint density at radius 2 is 2.00 bits per heavy atom. The monoisotopic (exact) mass is 238 g/mol. The van der Waals surface area contributed by atoms with Crippen LogP contribution in [0.2, 0.25) is 0 Å². The van der Waals surface area contributed by atoms with Crippen LogP contribution in [0.3, 0.4) is 0 Å². The second-order valence-corrected chi connectivity index (χ2v) is 4.52. The molecule has 1 atom stereocenters. The molecule has 0 amide bonds. The lowest BCUT2D eigenvalue weighted by atomic mass is 10.1. The molecule has 2 nitrogen and oxygen atoms in total. The fourth-order valence-electron chi connectivity index (χ4n) is 2.02. The van der Waals surface area contributed by atoms with E-state index in [4.69, 9.17) is 9.47 Å². The van der Waals surface area contributed by atoms with Gasteiger partial charge < -0.3 is 9.47 Å². The van der Waals surface area contributed by atoms with E-state index in [1.165, 1.54) is 32.1 Å². The zero-order valence-electron chi connectivity index (χ0n) is 11.3. The molecule has 0 spiro atoms. The molecule has 0 aromatic heterocycles. The smallest absolute Gasteiger partial charge is 0.154 e. The third-order valence-corrected chi connectivity index (χ3v) is 2.99. The molecular formula is C15H26O2. The van der Waals surface area contributed by atoms with E-state index < -0.39 is 0 Å². The predicted molar refractivity (Wildman–Crippen MR) is 72.0 cm³/mol. The van der Waals surface area contributed by atoms with E-state index in [-0.39, 0.29) is 6.29 Å². The molecule has 1 aliphatic carbocycles. The highest BCUT2D eigenvalue weighted by Crippen LogP contribution is 2.18. The van der Waals surface area contributed by atoms with Gasteiger partial charge in [0.15, 0.2) is 6.29 Å². The Kier molecular flexibility index (Phi) is 8.02. The van der Waals surface area contributed by atoms with Gasteiger partial charge in [-0.15, -0.1) is 0 Å². The lowest BCUT2D eigenvalue weighted by Crippen LogP contribution is -2.13. The van der Waals surface area contributed by atoms with Gasteiger partial charge in [0.1, 0.15) is 0 Å². The first-order valence-electron chi connectivity index (χ1n) is 6.90. The maximum absolute atomic E-state index is 5.52. The lowest BCUT2D eigenvalue weighted by molar-refractivity contribution is -0.127. The summed E-state index contributed by atoms with van der Waals surface area (Å²) in [6, 6.07) is 0. The van der Waals surface area contributed by atoms with Crippen LogP contribution in [-0.4, -0.2) is 19.5 Å². The van der Waals surface area contributed by atoms with Crippen LogP contribution in [0.1, 0.15) is 52.4 Å². The summed E-state index contributed by atoms with van der Waals surface area (Å²) in [6.07, 6.45) is 14.1. The molecule has 98 valence electrons. The SMILES string of the molecule is CCOC(C)OCCCCCCC1=CC=CC1. The Morgan fingerprint density at radius 1 is 1.18 bits per heavy atom. The maximum atomic E-state index is 5.52. The van der Waals surface area contributed by atoms with E-state index >= 15 is 0 Å². The summed E-state index contributed by atoms with van der Waals surface area (Å²) < 4.78 is 10.8. The van der Waals surface area contributed by atoms with Gasteiger partial charge in [0.05, 0.1) is 0 Å². The minimum Gasteiger partial charge on any atom is -0.353 e. The van der Waals surface area contributed by atoms with E-state index in [9.17, 15) is 0 Å². The van der Waals surface area contributed by atoms with E-state index in [2.05, 4.69) is 18.2 Å². The van der Waals surface area contributed by atoms with Crippen molar-refractivity contribution < 1.29 is 9.47 Å². The van der Waals surface area contributed by atoms with Crippen LogP contribution in [0.4, 0.5) is 0 Å². The molecule has 0 aromatic rings. The van der Waals surface area contributed by atoms with Crippen LogP contribution >= 0.6 is 0 Å². The van der Waals surface area contributed by atoms with Crippen molar-refractivity contribution in [1.82, 2.24) is 0 Å². The van der Waals surface area contributed by atoms with Crippen molar-refractivity contribution in [2.75, 3.05) is 13.2 Å². The number of ether oxygens (including phenoxy) is 2. The van der Waals surface area contributed by atoms with Gasteiger partial charge in [-0.3, -0.25) is 0 Å². The van der Waals surface area contributed by atoms with Crippen LogP contribution < -0.4 is 0 Å². The zero-order chi connectivity index (χ0) is 12.3. The molecule has 0 aromatic carbocycles. The van der Waals surface area contributed by atoms with Gasteiger partial charge >= 0.3 is 0 Å². The second kappa shape index (κ2) is 9.43. The average molecular weight is 238 g/mol. The molecule has 0 fully saturated rings. The van der Waals surface area contributed by atoms with Crippen molar-refractivity contribution in [2.45, 2.75) is 58.7 Å². The van der Waals surface area contributed by atoms with Crippen LogP contribution in [0.15, 0.2) is 23.8 Å². The number of allylic oxidation sites excluding steroid dienone is 4. The molecule has 1 rings (SSSR count). The number of rotatable bonds is 10. The Hall–Kier alpha value is -0.600. The largest absolute Gasteiger partial charge is 0.353 e. The molecule has 0 saturated carbocycles.